The van der Waals surface area contributed by atoms with Gasteiger partial charge in [0.2, 0.25) is 11.8 Å². The van der Waals surface area contributed by atoms with E-state index in [4.69, 9.17) is 28.4 Å². The predicted molar refractivity (Wildman–Crippen MR) is 210 cm³/mol. The lowest BCUT2D eigenvalue weighted by atomic mass is 9.95. The van der Waals surface area contributed by atoms with E-state index in [2.05, 4.69) is 17.6 Å². The van der Waals surface area contributed by atoms with E-state index in [1.165, 1.54) is 58.3 Å². The first-order valence-electron chi connectivity index (χ1n) is 21.4. The van der Waals surface area contributed by atoms with Crippen LogP contribution in [-0.2, 0) is 38.0 Å². The number of aliphatic hydroxyl groups excluding tert-OH is 10. The van der Waals surface area contributed by atoms with Crippen LogP contribution in [0.4, 0.5) is 0 Å². The molecule has 0 aromatic carbocycles. The Labute approximate surface area is 351 Å². The first-order chi connectivity index (χ1) is 28.7. The van der Waals surface area contributed by atoms with Crippen LogP contribution in [0.15, 0.2) is 12.2 Å². The fraction of sp³-hybridized carbons (Fsp3) is 0.900. The van der Waals surface area contributed by atoms with Crippen molar-refractivity contribution in [3.8, 4) is 0 Å². The molecule has 0 saturated carbocycles. The van der Waals surface area contributed by atoms with E-state index in [1.807, 2.05) is 6.08 Å². The Balaban J connectivity index is 1.59. The zero-order chi connectivity index (χ0) is 44.4. The summed E-state index contributed by atoms with van der Waals surface area (Å²) in [7, 11) is 0. The molecule has 0 unspecified atom stereocenters. The highest BCUT2D eigenvalue weighted by Gasteiger charge is 2.54. The maximum Gasteiger partial charge on any atom is 0.217 e. The van der Waals surface area contributed by atoms with Gasteiger partial charge in [-0.05, 0) is 12.8 Å². The molecule has 3 aliphatic heterocycles. The standard InChI is InChI=1S/C40H72N2O18/c1-4-5-6-7-8-9-10-11-12-13-14-15-16-17-25(48)24(41-22(2)46)21-55-39-34(53)33(52)36(28(20-45)58-39)59-40-35(54)37(31(50)27(19-44)57-40)60-38-29(42-23(3)47)32(51)30(49)26(18-43)56-38/h16-17,24-40,43-45,48-54H,4-15,18-21H2,1-3H3,(H,41,46)(H,42,47)/b17-16-/t24-,25+,26+,27+,28+,29+,30+,31-,32+,33+,34+,35+,36+,37-,38-,39+,40-/m0/s1. The number of aliphatic hydroxyl groups is 10. The average Bonchev–Trinajstić information content (AvgIpc) is 3.21. The van der Waals surface area contributed by atoms with Crippen LogP contribution >= 0.6 is 0 Å². The number of carbonyl (C=O) groups excluding carboxylic acids is 2. The Morgan fingerprint density at radius 2 is 1.15 bits per heavy atom. The van der Waals surface area contributed by atoms with Gasteiger partial charge in [0.05, 0.1) is 38.6 Å². The monoisotopic (exact) mass is 868 g/mol. The molecule has 17 atom stereocenters. The van der Waals surface area contributed by atoms with Crippen molar-refractivity contribution in [2.24, 2.45) is 0 Å². The fourth-order valence-electron chi connectivity index (χ4n) is 7.56. The second kappa shape index (κ2) is 27.3. The molecule has 3 saturated heterocycles. The van der Waals surface area contributed by atoms with Gasteiger partial charge in [-0.1, -0.05) is 83.3 Å². The summed E-state index contributed by atoms with van der Waals surface area (Å²) in [6, 6.07) is -2.44. The first kappa shape index (κ1) is 52.4. The zero-order valence-corrected chi connectivity index (χ0v) is 35.0. The molecule has 60 heavy (non-hydrogen) atoms. The summed E-state index contributed by atoms with van der Waals surface area (Å²) in [6.07, 6.45) is -7.53. The van der Waals surface area contributed by atoms with E-state index in [0.29, 0.717) is 0 Å². The summed E-state index contributed by atoms with van der Waals surface area (Å²) in [6.45, 7) is 1.75. The number of rotatable bonds is 26. The van der Waals surface area contributed by atoms with Gasteiger partial charge in [-0.15, -0.1) is 0 Å². The van der Waals surface area contributed by atoms with Crippen LogP contribution < -0.4 is 10.6 Å². The molecule has 3 fully saturated rings. The van der Waals surface area contributed by atoms with E-state index < -0.39 is 136 Å². The van der Waals surface area contributed by atoms with Crippen molar-refractivity contribution >= 4 is 11.8 Å². The summed E-state index contributed by atoms with van der Waals surface area (Å²) in [4.78, 5) is 23.9. The highest BCUT2D eigenvalue weighted by atomic mass is 16.8. The molecule has 0 aliphatic carbocycles. The zero-order valence-electron chi connectivity index (χ0n) is 35.0. The highest BCUT2D eigenvalue weighted by molar-refractivity contribution is 5.73. The second-order valence-corrected chi connectivity index (χ2v) is 15.9. The second-order valence-electron chi connectivity index (χ2n) is 15.9. The minimum atomic E-state index is -1.97. The van der Waals surface area contributed by atoms with Crippen molar-refractivity contribution in [2.75, 3.05) is 26.4 Å². The molecule has 0 radical (unpaired) electrons. The van der Waals surface area contributed by atoms with Crippen molar-refractivity contribution in [3.05, 3.63) is 12.2 Å². The molecule has 20 nitrogen and oxygen atoms in total. The number of hydrogen-bond acceptors (Lipinski definition) is 18. The summed E-state index contributed by atoms with van der Waals surface area (Å²) >= 11 is 0. The van der Waals surface area contributed by atoms with Gasteiger partial charge in [0.1, 0.15) is 73.2 Å². The molecular formula is C40H72N2O18. The van der Waals surface area contributed by atoms with Crippen LogP contribution in [-0.4, -0.2) is 194 Å². The third-order valence-corrected chi connectivity index (χ3v) is 11.0. The van der Waals surface area contributed by atoms with Crippen molar-refractivity contribution in [1.29, 1.82) is 0 Å². The number of ether oxygens (including phenoxy) is 6. The van der Waals surface area contributed by atoms with Gasteiger partial charge >= 0.3 is 0 Å². The summed E-state index contributed by atoms with van der Waals surface area (Å²) in [5.74, 6) is -1.13. The Kier molecular flexibility index (Phi) is 23.8. The molecule has 3 aliphatic rings. The number of carbonyl (C=O) groups is 2. The molecule has 350 valence electrons. The van der Waals surface area contributed by atoms with Crippen LogP contribution in [0.1, 0.15) is 97.8 Å². The molecule has 0 bridgehead atoms. The molecule has 0 spiro atoms. The summed E-state index contributed by atoms with van der Waals surface area (Å²) < 4.78 is 34.2. The van der Waals surface area contributed by atoms with Crippen LogP contribution in [0.3, 0.4) is 0 Å². The molecule has 20 heteroatoms. The maximum atomic E-state index is 12.0. The van der Waals surface area contributed by atoms with Gasteiger partial charge in [-0.3, -0.25) is 9.59 Å². The lowest BCUT2D eigenvalue weighted by Crippen LogP contribution is -2.68. The predicted octanol–water partition coefficient (Wildman–Crippen LogP) is -2.28. The van der Waals surface area contributed by atoms with Crippen molar-refractivity contribution in [3.63, 3.8) is 0 Å². The van der Waals surface area contributed by atoms with Crippen LogP contribution in [0.5, 0.6) is 0 Å². The molecule has 3 heterocycles. The lowest BCUT2D eigenvalue weighted by Gasteiger charge is -2.48. The van der Waals surface area contributed by atoms with Crippen molar-refractivity contribution in [2.45, 2.75) is 202 Å². The lowest BCUT2D eigenvalue weighted by molar-refractivity contribution is -0.375. The van der Waals surface area contributed by atoms with Gasteiger partial charge in [-0.25, -0.2) is 0 Å². The maximum absolute atomic E-state index is 12.0. The quantitative estimate of drug-likeness (QED) is 0.0322. The van der Waals surface area contributed by atoms with Crippen molar-refractivity contribution in [1.82, 2.24) is 10.6 Å². The minimum Gasteiger partial charge on any atom is -0.394 e. The van der Waals surface area contributed by atoms with Gasteiger partial charge in [0, 0.05) is 13.8 Å². The van der Waals surface area contributed by atoms with E-state index in [9.17, 15) is 60.7 Å². The van der Waals surface area contributed by atoms with Gasteiger partial charge < -0.3 is 90.1 Å². The van der Waals surface area contributed by atoms with E-state index >= 15 is 0 Å². The van der Waals surface area contributed by atoms with E-state index in [-0.39, 0.29) is 6.61 Å². The van der Waals surface area contributed by atoms with E-state index in [0.717, 1.165) is 32.6 Å². The average molecular weight is 869 g/mol. The van der Waals surface area contributed by atoms with Crippen molar-refractivity contribution < 1.29 is 89.1 Å². The number of unbranched alkanes of at least 4 members (excludes halogenated alkanes) is 11. The Morgan fingerprint density at radius 1 is 0.617 bits per heavy atom. The van der Waals surface area contributed by atoms with Crippen LogP contribution in [0.2, 0.25) is 0 Å². The SMILES string of the molecule is CCCCCCCCCCCCC/C=C\[C@@H](O)[C@H](CO[C@@H]1O[C@H](CO)[C@@H](O[C@@H]2O[C@H](CO)[C@H](O)[C@H](O[C@@H]3O[C@H](CO)[C@@H](O)[C@H](O)[C@H]3NC(C)=O)[C@H]2O)[C@H](O)[C@H]1O)NC(C)=O. The highest BCUT2D eigenvalue weighted by Crippen LogP contribution is 2.33. The van der Waals surface area contributed by atoms with Gasteiger partial charge in [-0.2, -0.15) is 0 Å². The normalized spacial score (nSPS) is 35.9. The first-order valence-corrected chi connectivity index (χ1v) is 21.4. The Morgan fingerprint density at radius 3 is 1.72 bits per heavy atom. The largest absolute Gasteiger partial charge is 0.394 e. The number of nitrogens with one attached hydrogen (secondary N) is 2. The Hall–Kier alpha value is -1.96. The van der Waals surface area contributed by atoms with Crippen LogP contribution in [0.25, 0.3) is 0 Å². The van der Waals surface area contributed by atoms with E-state index in [1.54, 1.807) is 6.08 Å². The van der Waals surface area contributed by atoms with Crippen LogP contribution in [0, 0.1) is 0 Å². The number of amides is 2. The molecule has 12 N–H and O–H groups in total. The third-order valence-electron chi connectivity index (χ3n) is 11.0. The third kappa shape index (κ3) is 15.7. The van der Waals surface area contributed by atoms with Gasteiger partial charge in [0.25, 0.3) is 0 Å². The smallest absolute Gasteiger partial charge is 0.217 e. The summed E-state index contributed by atoms with van der Waals surface area (Å²) in [5, 5.41) is 111. The molecule has 3 rings (SSSR count). The minimum absolute atomic E-state index is 0.382. The van der Waals surface area contributed by atoms with Gasteiger partial charge in [0.15, 0.2) is 18.9 Å². The summed E-state index contributed by atoms with van der Waals surface area (Å²) in [5.41, 5.74) is 0. The number of hydrogen-bond donors (Lipinski definition) is 12. The molecule has 0 aromatic rings. The molecule has 2 amide bonds. The molecular weight excluding hydrogens is 796 g/mol. The molecule has 0 aromatic heterocycles. The Bertz CT molecular complexity index is 1250. The number of allylic oxidation sites excluding steroid dienone is 1. The topological polar surface area (TPSA) is 316 Å². The fourth-order valence-corrected chi connectivity index (χ4v) is 7.56.